The molecular formula is C11H12BrClN2O5. The summed E-state index contributed by atoms with van der Waals surface area (Å²) in [4.78, 5) is 24.9. The van der Waals surface area contributed by atoms with Crippen LogP contribution in [0.5, 0.6) is 0 Å². The lowest BCUT2D eigenvalue weighted by atomic mass is 10.2. The van der Waals surface area contributed by atoms with Crippen molar-refractivity contribution >= 4 is 33.6 Å². The van der Waals surface area contributed by atoms with Crippen molar-refractivity contribution < 1.29 is 14.9 Å². The first kappa shape index (κ1) is 15.5. The standard InChI is InChI=1S/C11H12BrClN2O5/c12-7-6(4-16)20-10(8(7)17)15-3-5(1-2-13)9(18)14-11(15)19/h1-3,6-8,10,16-17H,4H2,(H,14,18,19)/b2-1+/t6-,7+,8-,10-/m1/s1. The monoisotopic (exact) mass is 366 g/mol. The first-order valence-electron chi connectivity index (χ1n) is 5.70. The Morgan fingerprint density at radius 3 is 2.80 bits per heavy atom. The van der Waals surface area contributed by atoms with E-state index in [1.807, 2.05) is 0 Å². The summed E-state index contributed by atoms with van der Waals surface area (Å²) >= 11 is 8.61. The Balaban J connectivity index is 2.46. The van der Waals surface area contributed by atoms with Gasteiger partial charge in [0.25, 0.3) is 5.56 Å². The lowest BCUT2D eigenvalue weighted by Gasteiger charge is -2.17. The van der Waals surface area contributed by atoms with Crippen LogP contribution in [0.3, 0.4) is 0 Å². The van der Waals surface area contributed by atoms with E-state index in [0.717, 1.165) is 10.1 Å². The quantitative estimate of drug-likeness (QED) is 0.640. The normalized spacial score (nSPS) is 30.2. The van der Waals surface area contributed by atoms with Crippen LogP contribution in [0.4, 0.5) is 0 Å². The van der Waals surface area contributed by atoms with Crippen molar-refractivity contribution in [2.75, 3.05) is 6.61 Å². The number of hydrogen-bond acceptors (Lipinski definition) is 5. The van der Waals surface area contributed by atoms with Gasteiger partial charge in [0.1, 0.15) is 6.10 Å². The first-order chi connectivity index (χ1) is 9.49. The molecule has 1 aliphatic heterocycles. The second-order valence-corrected chi connectivity index (χ2v) is 5.54. The third-order valence-corrected chi connectivity index (χ3v) is 4.24. The van der Waals surface area contributed by atoms with E-state index in [0.29, 0.717) is 0 Å². The zero-order chi connectivity index (χ0) is 14.9. The fourth-order valence-electron chi connectivity index (χ4n) is 1.96. The number of aromatic nitrogens is 2. The molecule has 0 bridgehead atoms. The zero-order valence-electron chi connectivity index (χ0n) is 10.1. The molecule has 20 heavy (non-hydrogen) atoms. The topological polar surface area (TPSA) is 105 Å². The van der Waals surface area contributed by atoms with Gasteiger partial charge in [-0.25, -0.2) is 4.79 Å². The highest BCUT2D eigenvalue weighted by Crippen LogP contribution is 2.32. The van der Waals surface area contributed by atoms with Gasteiger partial charge in [0.05, 0.1) is 23.1 Å². The lowest BCUT2D eigenvalue weighted by Crippen LogP contribution is -2.37. The van der Waals surface area contributed by atoms with Crippen LogP contribution in [0.2, 0.25) is 0 Å². The lowest BCUT2D eigenvalue weighted by molar-refractivity contribution is -0.0530. The fraction of sp³-hybridized carbons (Fsp3) is 0.455. The molecule has 2 heterocycles. The Hall–Kier alpha value is -0.930. The predicted molar refractivity (Wildman–Crippen MR) is 75.9 cm³/mol. The third kappa shape index (κ3) is 2.75. The number of hydrogen-bond donors (Lipinski definition) is 3. The minimum atomic E-state index is -1.05. The van der Waals surface area contributed by atoms with E-state index in [2.05, 4.69) is 20.9 Å². The summed E-state index contributed by atoms with van der Waals surface area (Å²) < 4.78 is 6.47. The number of nitrogens with zero attached hydrogens (tertiary/aromatic N) is 1. The van der Waals surface area contributed by atoms with E-state index >= 15 is 0 Å². The molecule has 0 aliphatic carbocycles. The van der Waals surface area contributed by atoms with E-state index in [9.17, 15) is 14.7 Å². The Bertz CT molecular complexity index is 628. The molecule has 1 aromatic rings. The number of aliphatic hydroxyl groups excluding tert-OH is 2. The highest BCUT2D eigenvalue weighted by Gasteiger charge is 2.43. The zero-order valence-corrected chi connectivity index (χ0v) is 12.4. The maximum absolute atomic E-state index is 11.8. The number of halogens is 2. The highest BCUT2D eigenvalue weighted by atomic mass is 79.9. The number of alkyl halides is 1. The molecule has 0 amide bonds. The number of nitrogens with one attached hydrogen (secondary N) is 1. The average Bonchev–Trinajstić information content (AvgIpc) is 2.70. The third-order valence-electron chi connectivity index (χ3n) is 2.98. The van der Waals surface area contributed by atoms with Gasteiger partial charge in [-0.15, -0.1) is 0 Å². The van der Waals surface area contributed by atoms with Crippen LogP contribution in [-0.4, -0.2) is 43.4 Å². The molecule has 4 atom stereocenters. The summed E-state index contributed by atoms with van der Waals surface area (Å²) in [5.74, 6) is 0. The Morgan fingerprint density at radius 1 is 1.55 bits per heavy atom. The van der Waals surface area contributed by atoms with Crippen molar-refractivity contribution in [3.8, 4) is 0 Å². The molecule has 0 aromatic carbocycles. The number of aromatic amines is 1. The summed E-state index contributed by atoms with van der Waals surface area (Å²) in [6.45, 7) is -0.310. The number of H-pyrrole nitrogens is 1. The first-order valence-corrected chi connectivity index (χ1v) is 7.05. The maximum Gasteiger partial charge on any atom is 0.330 e. The number of rotatable bonds is 3. The molecule has 1 fully saturated rings. The minimum Gasteiger partial charge on any atom is -0.394 e. The van der Waals surface area contributed by atoms with Crippen LogP contribution in [0.15, 0.2) is 21.3 Å². The summed E-state index contributed by atoms with van der Waals surface area (Å²) in [5.41, 5.74) is -0.0300. The summed E-state index contributed by atoms with van der Waals surface area (Å²) in [6.07, 6.45) is -0.159. The van der Waals surface area contributed by atoms with Crippen LogP contribution in [0.25, 0.3) is 6.08 Å². The van der Waals surface area contributed by atoms with E-state index < -0.39 is 34.5 Å². The molecule has 1 aromatic heterocycles. The second kappa shape index (κ2) is 6.23. The molecule has 0 spiro atoms. The number of ether oxygens (including phenoxy) is 1. The van der Waals surface area contributed by atoms with Crippen LogP contribution in [0.1, 0.15) is 11.8 Å². The molecule has 7 nitrogen and oxygen atoms in total. The van der Waals surface area contributed by atoms with Gasteiger partial charge in [-0.3, -0.25) is 14.3 Å². The van der Waals surface area contributed by atoms with E-state index in [1.165, 1.54) is 12.3 Å². The summed E-state index contributed by atoms with van der Waals surface area (Å²) in [7, 11) is 0. The molecular weight excluding hydrogens is 355 g/mol. The van der Waals surface area contributed by atoms with Crippen molar-refractivity contribution in [3.05, 3.63) is 38.1 Å². The number of aliphatic hydroxyl groups is 2. The molecule has 3 N–H and O–H groups in total. The molecule has 0 unspecified atom stereocenters. The summed E-state index contributed by atoms with van der Waals surface area (Å²) in [6, 6.07) is 0. The van der Waals surface area contributed by atoms with Crippen LogP contribution >= 0.6 is 27.5 Å². The van der Waals surface area contributed by atoms with Gasteiger partial charge in [-0.2, -0.15) is 0 Å². The van der Waals surface area contributed by atoms with Gasteiger partial charge >= 0.3 is 5.69 Å². The summed E-state index contributed by atoms with van der Waals surface area (Å²) in [5, 5.41) is 19.2. The van der Waals surface area contributed by atoms with Crippen molar-refractivity contribution in [3.63, 3.8) is 0 Å². The minimum absolute atomic E-state index is 0.147. The Kier molecular flexibility index (Phi) is 4.82. The van der Waals surface area contributed by atoms with Gasteiger partial charge in [-0.05, 0) is 6.08 Å². The molecule has 2 rings (SSSR count). The maximum atomic E-state index is 11.8. The van der Waals surface area contributed by atoms with Crippen molar-refractivity contribution in [2.24, 2.45) is 0 Å². The van der Waals surface area contributed by atoms with Crippen LogP contribution in [0, 0.1) is 0 Å². The molecule has 9 heteroatoms. The largest absolute Gasteiger partial charge is 0.394 e. The predicted octanol–water partition coefficient (Wildman–Crippen LogP) is -0.240. The van der Waals surface area contributed by atoms with Gasteiger partial charge in [0.2, 0.25) is 0 Å². The second-order valence-electron chi connectivity index (χ2n) is 4.23. The van der Waals surface area contributed by atoms with Gasteiger partial charge in [0.15, 0.2) is 6.23 Å². The fourth-order valence-corrected chi connectivity index (χ4v) is 2.65. The van der Waals surface area contributed by atoms with Gasteiger partial charge in [-0.1, -0.05) is 27.5 Å². The van der Waals surface area contributed by atoms with Gasteiger partial charge < -0.3 is 14.9 Å². The van der Waals surface area contributed by atoms with Crippen molar-refractivity contribution in [1.29, 1.82) is 0 Å². The highest BCUT2D eigenvalue weighted by molar-refractivity contribution is 9.09. The Morgan fingerprint density at radius 2 is 2.25 bits per heavy atom. The van der Waals surface area contributed by atoms with Crippen LogP contribution < -0.4 is 11.2 Å². The average molecular weight is 368 g/mol. The Labute approximate surface area is 126 Å². The van der Waals surface area contributed by atoms with Gasteiger partial charge in [0, 0.05) is 11.7 Å². The molecule has 0 saturated carbocycles. The van der Waals surface area contributed by atoms with Crippen molar-refractivity contribution in [2.45, 2.75) is 23.3 Å². The molecule has 1 aliphatic rings. The SMILES string of the molecule is O=c1[nH]c(=O)n([C@@H]2O[C@H](CO)[C@H](Br)[C@H]2O)cc1/C=C/Cl. The van der Waals surface area contributed by atoms with E-state index in [-0.39, 0.29) is 12.2 Å². The molecule has 0 radical (unpaired) electrons. The van der Waals surface area contributed by atoms with E-state index in [4.69, 9.17) is 21.4 Å². The van der Waals surface area contributed by atoms with E-state index in [1.54, 1.807) is 0 Å². The molecule has 110 valence electrons. The van der Waals surface area contributed by atoms with Crippen molar-refractivity contribution in [1.82, 2.24) is 9.55 Å². The molecule has 1 saturated heterocycles. The smallest absolute Gasteiger partial charge is 0.330 e. The van der Waals surface area contributed by atoms with Crippen LogP contribution in [-0.2, 0) is 4.74 Å².